The highest BCUT2D eigenvalue weighted by Crippen LogP contribution is 2.29. The molecule has 2 fully saturated rings. The molecular weight excluding hydrogens is 426 g/mol. The number of unbranched alkanes of at least 4 members (excludes halogenated alkanes) is 1. The fraction of sp³-hybridized carbons (Fsp3) is 0.586. The molecule has 180 valence electrons. The zero-order valence-corrected chi connectivity index (χ0v) is 21.1. The van der Waals surface area contributed by atoms with Gasteiger partial charge in [-0.15, -0.1) is 12.4 Å². The van der Waals surface area contributed by atoms with E-state index >= 15 is 0 Å². The number of fused-ring (bicyclic) bond motifs is 3. The van der Waals surface area contributed by atoms with Crippen molar-refractivity contribution in [3.8, 4) is 0 Å². The zero-order chi connectivity index (χ0) is 21.6. The first-order chi connectivity index (χ1) is 15.9. The van der Waals surface area contributed by atoms with Crippen LogP contribution in [0.5, 0.6) is 0 Å². The van der Waals surface area contributed by atoms with Crippen LogP contribution in [-0.2, 0) is 6.54 Å². The molecule has 33 heavy (non-hydrogen) atoms. The van der Waals surface area contributed by atoms with E-state index in [1.807, 2.05) is 0 Å². The molecule has 2 aliphatic rings. The van der Waals surface area contributed by atoms with Crippen molar-refractivity contribution >= 4 is 34.2 Å². The molecule has 0 N–H and O–H groups in total. The molecule has 1 saturated heterocycles. The van der Waals surface area contributed by atoms with Crippen LogP contribution < -0.4 is 0 Å². The molecule has 0 spiro atoms. The summed E-state index contributed by atoms with van der Waals surface area (Å²) in [7, 11) is 0. The number of halogens is 1. The zero-order valence-electron chi connectivity index (χ0n) is 20.3. The first-order valence-corrected chi connectivity index (χ1v) is 13.3. The van der Waals surface area contributed by atoms with Crippen LogP contribution in [0.25, 0.3) is 21.8 Å². The largest absolute Gasteiger partial charge is 0.340 e. The molecule has 2 heterocycles. The number of para-hydroxylation sites is 2. The molecule has 0 atom stereocenters. The van der Waals surface area contributed by atoms with Gasteiger partial charge in [0.1, 0.15) is 0 Å². The van der Waals surface area contributed by atoms with Crippen LogP contribution in [0.15, 0.2) is 48.5 Å². The van der Waals surface area contributed by atoms with Crippen molar-refractivity contribution in [3.63, 3.8) is 0 Å². The molecule has 4 heteroatoms. The Labute approximate surface area is 206 Å². The number of aryl methyl sites for hydroxylation is 1. The van der Waals surface area contributed by atoms with Crippen LogP contribution in [0, 0.1) is 5.92 Å². The average Bonchev–Trinajstić information content (AvgIpc) is 3.17. The van der Waals surface area contributed by atoms with Crippen molar-refractivity contribution in [2.75, 3.05) is 39.3 Å². The number of piperazine rings is 1. The summed E-state index contributed by atoms with van der Waals surface area (Å²) in [6.45, 7) is 8.78. The Morgan fingerprint density at radius 1 is 0.606 bits per heavy atom. The summed E-state index contributed by atoms with van der Waals surface area (Å²) in [5.41, 5.74) is 2.77. The van der Waals surface area contributed by atoms with E-state index in [2.05, 4.69) is 62.9 Å². The highest BCUT2D eigenvalue weighted by atomic mass is 35.5. The SMILES string of the molecule is Cl.c1ccc2c(c1)c1ccccc1n2CCCCN1CCN(CCCC2CCCCC2)CC1. The standard InChI is InChI=1S/C29H41N3.ClH/c1-2-11-25(12-3-1)13-10-19-31-23-21-30(22-24-31)18-8-9-20-32-28-16-6-4-14-26(28)27-15-5-7-17-29(27)32;/h4-7,14-17,25H,1-3,8-13,18-24H2;1H. The number of rotatable bonds is 9. The number of hydrogen-bond acceptors (Lipinski definition) is 2. The van der Waals surface area contributed by atoms with Gasteiger partial charge >= 0.3 is 0 Å². The lowest BCUT2D eigenvalue weighted by molar-refractivity contribution is 0.127. The maximum atomic E-state index is 2.72. The Balaban J connectivity index is 0.00000259. The van der Waals surface area contributed by atoms with Crippen LogP contribution in [0.1, 0.15) is 57.8 Å². The summed E-state index contributed by atoms with van der Waals surface area (Å²) in [6, 6.07) is 17.8. The fourth-order valence-corrected chi connectivity index (χ4v) is 6.17. The van der Waals surface area contributed by atoms with E-state index in [-0.39, 0.29) is 12.4 Å². The highest BCUT2D eigenvalue weighted by Gasteiger charge is 2.18. The summed E-state index contributed by atoms with van der Waals surface area (Å²) < 4.78 is 2.54. The Hall–Kier alpha value is -1.55. The molecule has 1 aliphatic carbocycles. The topological polar surface area (TPSA) is 11.4 Å². The predicted octanol–water partition coefficient (Wildman–Crippen LogP) is 6.97. The molecule has 3 aromatic rings. The minimum Gasteiger partial charge on any atom is -0.340 e. The van der Waals surface area contributed by atoms with Gasteiger partial charge < -0.3 is 14.4 Å². The third kappa shape index (κ3) is 6.12. The van der Waals surface area contributed by atoms with Crippen LogP contribution in [0.2, 0.25) is 0 Å². The predicted molar refractivity (Wildman–Crippen MR) is 145 cm³/mol. The summed E-state index contributed by atoms with van der Waals surface area (Å²) in [5.74, 6) is 1.04. The number of nitrogens with zero attached hydrogens (tertiary/aromatic N) is 3. The number of hydrogen-bond donors (Lipinski definition) is 0. The van der Waals surface area contributed by atoms with E-state index in [0.29, 0.717) is 0 Å². The first kappa shape index (κ1) is 24.6. The van der Waals surface area contributed by atoms with Gasteiger partial charge in [-0.25, -0.2) is 0 Å². The van der Waals surface area contributed by atoms with Gasteiger partial charge in [0.05, 0.1) is 0 Å². The molecule has 3 nitrogen and oxygen atoms in total. The van der Waals surface area contributed by atoms with E-state index in [1.165, 1.54) is 119 Å². The molecule has 0 bridgehead atoms. The molecule has 0 unspecified atom stereocenters. The van der Waals surface area contributed by atoms with E-state index < -0.39 is 0 Å². The third-order valence-electron chi connectivity index (χ3n) is 8.06. The quantitative estimate of drug-likeness (QED) is 0.314. The molecule has 0 radical (unpaired) electrons. The number of aromatic nitrogens is 1. The van der Waals surface area contributed by atoms with Crippen molar-refractivity contribution in [1.29, 1.82) is 0 Å². The molecule has 1 aliphatic heterocycles. The maximum Gasteiger partial charge on any atom is 0.0491 e. The second-order valence-corrected chi connectivity index (χ2v) is 10.2. The number of benzene rings is 2. The van der Waals surface area contributed by atoms with Gasteiger partial charge in [0.25, 0.3) is 0 Å². The summed E-state index contributed by atoms with van der Waals surface area (Å²) >= 11 is 0. The molecule has 0 amide bonds. The lowest BCUT2D eigenvalue weighted by Gasteiger charge is -2.35. The lowest BCUT2D eigenvalue weighted by Crippen LogP contribution is -2.46. The average molecular weight is 468 g/mol. The van der Waals surface area contributed by atoms with Gasteiger partial charge in [-0.05, 0) is 56.8 Å². The van der Waals surface area contributed by atoms with Crippen LogP contribution in [-0.4, -0.2) is 53.6 Å². The van der Waals surface area contributed by atoms with E-state index in [0.717, 1.165) is 12.5 Å². The van der Waals surface area contributed by atoms with Crippen molar-refractivity contribution in [1.82, 2.24) is 14.4 Å². The Morgan fingerprint density at radius 2 is 1.12 bits per heavy atom. The summed E-state index contributed by atoms with van der Waals surface area (Å²) in [4.78, 5) is 5.42. The van der Waals surface area contributed by atoms with Gasteiger partial charge in [-0.3, -0.25) is 0 Å². The smallest absolute Gasteiger partial charge is 0.0491 e. The van der Waals surface area contributed by atoms with Gasteiger partial charge in [0.2, 0.25) is 0 Å². The van der Waals surface area contributed by atoms with Crippen LogP contribution in [0.4, 0.5) is 0 Å². The van der Waals surface area contributed by atoms with E-state index in [1.54, 1.807) is 0 Å². The Morgan fingerprint density at radius 3 is 1.73 bits per heavy atom. The maximum absolute atomic E-state index is 2.72. The lowest BCUT2D eigenvalue weighted by atomic mass is 9.86. The molecular formula is C29H42ClN3. The fourth-order valence-electron chi connectivity index (χ4n) is 6.17. The Bertz CT molecular complexity index is 930. The third-order valence-corrected chi connectivity index (χ3v) is 8.06. The van der Waals surface area contributed by atoms with Gasteiger partial charge in [0, 0.05) is 54.5 Å². The van der Waals surface area contributed by atoms with Crippen LogP contribution in [0.3, 0.4) is 0 Å². The van der Waals surface area contributed by atoms with Crippen molar-refractivity contribution in [2.45, 2.75) is 64.3 Å². The second kappa shape index (κ2) is 12.2. The van der Waals surface area contributed by atoms with Gasteiger partial charge in [-0.2, -0.15) is 0 Å². The summed E-state index contributed by atoms with van der Waals surface area (Å²) in [5, 5.41) is 2.78. The summed E-state index contributed by atoms with van der Waals surface area (Å²) in [6.07, 6.45) is 12.9. The molecule has 2 aromatic carbocycles. The monoisotopic (exact) mass is 467 g/mol. The Kier molecular flexibility index (Phi) is 9.11. The normalized spacial score (nSPS) is 18.7. The van der Waals surface area contributed by atoms with E-state index in [9.17, 15) is 0 Å². The van der Waals surface area contributed by atoms with E-state index in [4.69, 9.17) is 0 Å². The highest BCUT2D eigenvalue weighted by molar-refractivity contribution is 6.07. The van der Waals surface area contributed by atoms with Crippen molar-refractivity contribution in [2.24, 2.45) is 5.92 Å². The minimum absolute atomic E-state index is 0. The van der Waals surface area contributed by atoms with Gasteiger partial charge in [0.15, 0.2) is 0 Å². The van der Waals surface area contributed by atoms with Crippen LogP contribution >= 0.6 is 12.4 Å². The molecule has 1 aromatic heterocycles. The molecule has 1 saturated carbocycles. The minimum atomic E-state index is 0. The van der Waals surface area contributed by atoms with Crippen molar-refractivity contribution in [3.05, 3.63) is 48.5 Å². The first-order valence-electron chi connectivity index (χ1n) is 13.3. The molecule has 5 rings (SSSR count). The van der Waals surface area contributed by atoms with Gasteiger partial charge in [-0.1, -0.05) is 68.5 Å². The second-order valence-electron chi connectivity index (χ2n) is 10.2. The van der Waals surface area contributed by atoms with Crippen molar-refractivity contribution < 1.29 is 0 Å².